The number of hydrogen-bond acceptors (Lipinski definition) is 13. The molecule has 0 spiro atoms. The smallest absolute Gasteiger partial charge is 0.337 e. The Labute approximate surface area is 455 Å². The van der Waals surface area contributed by atoms with E-state index in [0.717, 1.165) is 66.3 Å². The average molecular weight is 1140 g/mol. The first-order chi connectivity index (χ1) is 35.3. The molecule has 2 atom stereocenters. The SMILES string of the molecule is Br.NC1CCSC1=O.O=C(NNc1ncc(C(=O)NC2CCSC2=O)cc1Cl)NC1c2ccccc2CCc2ccccc21.O=C(NNc1ncc(C(=O)O)cc1Cl)NC1c2ccccc2CCc2ccccc21. The number of hydrogen-bond donors (Lipinski definition) is 9. The standard InChI is InChI=1S/C26H24ClN5O3S.C22H19ClN4O3.C4H7NOS.BrH/c27-20-13-17(24(33)29-21-11-12-36-25(21)34)14-28-23(20)31-32-26(35)30-22-18-7-3-1-5-15(18)9-10-16-6-2-4-8-19(16)22;23-18-11-15(21(28)29)12-24-20(18)26-27-22(30)25-19-16-7-3-1-5-13(16)9-10-14-6-2-4-8-17(14)19;5-3-1-2-7-4(3)6;/h1-8,13-14,21-22H,9-12H2,(H,28,31)(H,29,33)(H2,30,32,35);1-8,11-12,19H,9-10H2,(H,24,26)(H,28,29)(H2,25,27,30);3H,1-2,5H2;1H. The minimum Gasteiger partial charge on any atom is -0.478 e. The second kappa shape index (κ2) is 26.0. The quantitative estimate of drug-likeness (QED) is 0.0615. The number of amides is 5. The predicted octanol–water partition coefficient (Wildman–Crippen LogP) is 8.51. The molecule has 4 aromatic carbocycles. The number of carboxylic acid groups (broad SMARTS) is 1. The molecule has 2 fully saturated rings. The first-order valence-electron chi connectivity index (χ1n) is 23.2. The van der Waals surface area contributed by atoms with Gasteiger partial charge in [-0.3, -0.25) is 36.1 Å². The van der Waals surface area contributed by atoms with Crippen molar-refractivity contribution in [3.8, 4) is 0 Å². The van der Waals surface area contributed by atoms with Crippen LogP contribution in [0, 0.1) is 0 Å². The number of aromatic nitrogens is 2. The maximum Gasteiger partial charge on any atom is 0.337 e. The third kappa shape index (κ3) is 13.9. The van der Waals surface area contributed by atoms with Gasteiger partial charge in [-0.1, -0.05) is 144 Å². The van der Waals surface area contributed by atoms with Crippen molar-refractivity contribution in [1.82, 2.24) is 36.8 Å². The fourth-order valence-electron chi connectivity index (χ4n) is 8.61. The van der Waals surface area contributed by atoms with Crippen molar-refractivity contribution in [2.45, 2.75) is 62.7 Å². The number of pyridine rings is 2. The van der Waals surface area contributed by atoms with Crippen LogP contribution in [0.25, 0.3) is 0 Å². The van der Waals surface area contributed by atoms with Gasteiger partial charge in [0.25, 0.3) is 5.91 Å². The molecule has 2 unspecified atom stereocenters. The number of nitrogens with one attached hydrogen (secondary N) is 7. The van der Waals surface area contributed by atoms with E-state index in [2.05, 4.69) is 71.9 Å². The number of nitrogens with zero attached hydrogens (tertiary/aromatic N) is 2. The molecular weight excluding hydrogens is 1090 g/mol. The number of aromatic carboxylic acids is 1. The van der Waals surface area contributed by atoms with Crippen LogP contribution in [0.3, 0.4) is 0 Å². The third-order valence-corrected chi connectivity index (χ3v) is 15.0. The van der Waals surface area contributed by atoms with Crippen LogP contribution in [0.4, 0.5) is 21.2 Å². The van der Waals surface area contributed by atoms with Crippen molar-refractivity contribution in [2.75, 3.05) is 22.4 Å². The first-order valence-corrected chi connectivity index (χ1v) is 26.0. The molecule has 22 heteroatoms. The van der Waals surface area contributed by atoms with Gasteiger partial charge in [0.2, 0.25) is 10.2 Å². The summed E-state index contributed by atoms with van der Waals surface area (Å²) < 4.78 is 0. The fraction of sp³-hybridized carbons (Fsp3) is 0.231. The molecule has 5 amide bonds. The van der Waals surface area contributed by atoms with E-state index in [9.17, 15) is 28.8 Å². The second-order valence-electron chi connectivity index (χ2n) is 17.1. The molecule has 2 aliphatic heterocycles. The Kier molecular flexibility index (Phi) is 19.4. The lowest BCUT2D eigenvalue weighted by Gasteiger charge is -2.22. The van der Waals surface area contributed by atoms with Crippen molar-refractivity contribution in [3.05, 3.63) is 187 Å². The Morgan fingerprint density at radius 2 is 0.959 bits per heavy atom. The zero-order valence-corrected chi connectivity index (χ0v) is 44.2. The Bertz CT molecular complexity index is 2970. The fourth-order valence-corrected chi connectivity index (χ4v) is 10.9. The van der Waals surface area contributed by atoms with Gasteiger partial charge in [-0.05, 0) is 95.2 Å². The minimum absolute atomic E-state index is 0. The number of halogens is 3. The summed E-state index contributed by atoms with van der Waals surface area (Å²) in [5.74, 6) is 0.397. The minimum atomic E-state index is -1.13. The van der Waals surface area contributed by atoms with Crippen LogP contribution in [-0.4, -0.2) is 72.8 Å². The van der Waals surface area contributed by atoms with Gasteiger partial charge in [-0.25, -0.2) is 24.4 Å². The zero-order chi connectivity index (χ0) is 51.4. The van der Waals surface area contributed by atoms with Crippen LogP contribution in [0.1, 0.15) is 90.1 Å². The molecule has 0 bridgehead atoms. The highest BCUT2D eigenvalue weighted by Gasteiger charge is 2.29. The number of carbonyl (C=O) groups excluding carboxylic acids is 5. The van der Waals surface area contributed by atoms with Crippen LogP contribution < -0.4 is 43.4 Å². The Balaban J connectivity index is 0.000000191. The summed E-state index contributed by atoms with van der Waals surface area (Å²) in [7, 11) is 0. The summed E-state index contributed by atoms with van der Waals surface area (Å²) >= 11 is 14.9. The highest BCUT2D eigenvalue weighted by atomic mass is 79.9. The Morgan fingerprint density at radius 1 is 0.568 bits per heavy atom. The molecule has 2 aromatic heterocycles. The first kappa shape index (κ1) is 55.1. The van der Waals surface area contributed by atoms with E-state index in [1.165, 1.54) is 64.1 Å². The monoisotopic (exact) mass is 1140 g/mol. The molecule has 17 nitrogen and oxygen atoms in total. The number of thioether (sulfide) groups is 2. The number of aryl methyl sites for hydroxylation is 4. The Hall–Kier alpha value is -6.68. The average Bonchev–Trinajstić information content (AvgIpc) is 3.89. The van der Waals surface area contributed by atoms with Crippen molar-refractivity contribution in [2.24, 2.45) is 5.73 Å². The predicted molar refractivity (Wildman–Crippen MR) is 294 cm³/mol. The third-order valence-electron chi connectivity index (χ3n) is 12.3. The van der Waals surface area contributed by atoms with Crippen LogP contribution in [0.2, 0.25) is 10.0 Å². The number of anilines is 2. The number of carbonyl (C=O) groups is 6. The van der Waals surface area contributed by atoms with Crippen molar-refractivity contribution in [3.63, 3.8) is 0 Å². The zero-order valence-electron chi connectivity index (χ0n) is 39.4. The summed E-state index contributed by atoms with van der Waals surface area (Å²) in [4.78, 5) is 79.2. The van der Waals surface area contributed by atoms with Gasteiger partial charge in [0, 0.05) is 23.9 Å². The highest BCUT2D eigenvalue weighted by molar-refractivity contribution is 8.93. The number of hydrazine groups is 2. The molecule has 0 saturated carbocycles. The summed E-state index contributed by atoms with van der Waals surface area (Å²) in [6, 6.07) is 32.9. The molecule has 4 heterocycles. The molecule has 384 valence electrons. The van der Waals surface area contributed by atoms with Crippen LogP contribution >= 0.6 is 63.7 Å². The lowest BCUT2D eigenvalue weighted by Crippen LogP contribution is -2.41. The van der Waals surface area contributed by atoms with Gasteiger partial charge >= 0.3 is 18.0 Å². The molecule has 2 saturated heterocycles. The van der Waals surface area contributed by atoms with Gasteiger partial charge in [0.1, 0.15) is 0 Å². The number of fused-ring (bicyclic) bond motifs is 4. The molecule has 74 heavy (non-hydrogen) atoms. The number of urea groups is 2. The topological polar surface area (TPSA) is 259 Å². The van der Waals surface area contributed by atoms with Crippen LogP contribution in [0.15, 0.2) is 122 Å². The summed E-state index contributed by atoms with van der Waals surface area (Å²) in [5, 5.41) is 18.1. The summed E-state index contributed by atoms with van der Waals surface area (Å²) in [6.45, 7) is 0. The Morgan fingerprint density at radius 3 is 1.31 bits per heavy atom. The molecule has 10 N–H and O–H groups in total. The van der Waals surface area contributed by atoms with E-state index in [1.54, 1.807) is 0 Å². The highest BCUT2D eigenvalue weighted by Crippen LogP contribution is 2.34. The maximum atomic E-state index is 12.9. The number of nitrogens with two attached hydrogens (primary N) is 1. The summed E-state index contributed by atoms with van der Waals surface area (Å²) in [6.07, 6.45) is 7.58. The molecule has 10 rings (SSSR count). The largest absolute Gasteiger partial charge is 0.478 e. The maximum absolute atomic E-state index is 12.9. The van der Waals surface area contributed by atoms with E-state index in [0.29, 0.717) is 12.2 Å². The van der Waals surface area contributed by atoms with Crippen molar-refractivity contribution < 1.29 is 33.9 Å². The lowest BCUT2D eigenvalue weighted by atomic mass is 9.95. The van der Waals surface area contributed by atoms with E-state index in [4.69, 9.17) is 34.0 Å². The molecular formula is C52H51BrCl2N10O7S2. The second-order valence-corrected chi connectivity index (χ2v) is 20.1. The lowest BCUT2D eigenvalue weighted by molar-refractivity contribution is -0.112. The number of carboxylic acids is 1. The molecule has 6 aromatic rings. The van der Waals surface area contributed by atoms with E-state index in [1.807, 2.05) is 72.8 Å². The van der Waals surface area contributed by atoms with Crippen molar-refractivity contribution in [1.29, 1.82) is 0 Å². The summed E-state index contributed by atoms with van der Waals surface area (Å²) in [5.41, 5.74) is 25.0. The van der Waals surface area contributed by atoms with Crippen LogP contribution in [-0.2, 0) is 35.3 Å². The van der Waals surface area contributed by atoms with Gasteiger partial charge in [0.05, 0.1) is 45.3 Å². The number of rotatable bonds is 9. The van der Waals surface area contributed by atoms with Gasteiger partial charge in [-0.15, -0.1) is 17.0 Å². The molecule has 2 aliphatic carbocycles. The number of benzene rings is 4. The normalized spacial score (nSPS) is 16.4. The van der Waals surface area contributed by atoms with Gasteiger partial charge in [-0.2, -0.15) is 0 Å². The van der Waals surface area contributed by atoms with Crippen molar-refractivity contribution >= 4 is 110 Å². The molecule has 4 aliphatic rings. The van der Waals surface area contributed by atoms with Gasteiger partial charge < -0.3 is 26.8 Å². The van der Waals surface area contributed by atoms with E-state index < -0.39 is 30.0 Å². The van der Waals surface area contributed by atoms with E-state index in [-0.39, 0.29) is 78.1 Å². The van der Waals surface area contributed by atoms with E-state index >= 15 is 0 Å². The van der Waals surface area contributed by atoms with Gasteiger partial charge in [0.15, 0.2) is 11.6 Å². The van der Waals surface area contributed by atoms with Crippen LogP contribution in [0.5, 0.6) is 0 Å². The molecule has 0 radical (unpaired) electrons.